The van der Waals surface area contributed by atoms with E-state index in [0.717, 1.165) is 12.1 Å². The summed E-state index contributed by atoms with van der Waals surface area (Å²) in [5.41, 5.74) is 0.975. The third kappa shape index (κ3) is 4.40. The van der Waals surface area contributed by atoms with E-state index in [1.165, 1.54) is 0 Å². The lowest BCUT2D eigenvalue weighted by molar-refractivity contribution is 0.543. The Kier molecular flexibility index (Phi) is 4.54. The van der Waals surface area contributed by atoms with Crippen molar-refractivity contribution < 1.29 is 4.74 Å². The monoisotopic (exact) mass is 204 g/mol. The lowest BCUT2D eigenvalue weighted by atomic mass is 10.4. The molecule has 0 aliphatic rings. The maximum atomic E-state index is 5.45. The Morgan fingerprint density at radius 3 is 2.93 bits per heavy atom. The number of hydrogen-bond donors (Lipinski definition) is 0. The molecule has 0 saturated carbocycles. The summed E-state index contributed by atoms with van der Waals surface area (Å²) in [5.74, 6) is 1.33. The van der Waals surface area contributed by atoms with Gasteiger partial charge in [-0.2, -0.15) is 0 Å². The number of hydrogen-bond acceptors (Lipinski definition) is 3. The van der Waals surface area contributed by atoms with Crippen molar-refractivity contribution in [2.75, 3.05) is 0 Å². The number of rotatable bonds is 3. The molecule has 0 aromatic carbocycles. The first-order valence-electron chi connectivity index (χ1n) is 5.02. The molecule has 0 radical (unpaired) electrons. The largest absolute Gasteiger partial charge is 0.442 e. The molecule has 3 heteroatoms. The predicted octanol–water partition coefficient (Wildman–Crippen LogP) is 3.11. The van der Waals surface area contributed by atoms with Gasteiger partial charge in [0.05, 0.1) is 6.20 Å². The van der Waals surface area contributed by atoms with Crippen molar-refractivity contribution in [3.8, 4) is 5.75 Å². The van der Waals surface area contributed by atoms with Crippen molar-refractivity contribution in [1.82, 2.24) is 4.98 Å². The zero-order valence-corrected chi connectivity index (χ0v) is 9.40. The molecule has 15 heavy (non-hydrogen) atoms. The fourth-order valence-corrected chi connectivity index (χ4v) is 0.975. The molecule has 0 spiro atoms. The van der Waals surface area contributed by atoms with Crippen molar-refractivity contribution in [3.63, 3.8) is 0 Å². The van der Waals surface area contributed by atoms with Gasteiger partial charge in [0.1, 0.15) is 5.75 Å². The first-order chi connectivity index (χ1) is 7.22. The fourth-order valence-electron chi connectivity index (χ4n) is 0.975. The van der Waals surface area contributed by atoms with Gasteiger partial charge in [0.15, 0.2) is 5.90 Å². The molecule has 0 aliphatic heterocycles. The predicted molar refractivity (Wildman–Crippen MR) is 62.1 cm³/mol. The molecule has 0 N–H and O–H groups in total. The molecule has 3 nitrogen and oxygen atoms in total. The third-order valence-electron chi connectivity index (χ3n) is 1.75. The standard InChI is InChI=1S/C12H16N2O/c1-4-5-8-13-11(3)15-12-7-6-10(2)14-9-12/h5-9H,4H2,1-3H3/b8-5-,13-11?. The molecule has 1 rings (SSSR count). The van der Waals surface area contributed by atoms with Gasteiger partial charge in [-0.15, -0.1) is 0 Å². The summed E-state index contributed by atoms with van der Waals surface area (Å²) in [5, 5.41) is 0. The van der Waals surface area contributed by atoms with Crippen molar-refractivity contribution in [3.05, 3.63) is 36.3 Å². The van der Waals surface area contributed by atoms with Crippen LogP contribution in [0.1, 0.15) is 26.0 Å². The molecule has 0 bridgehead atoms. The second kappa shape index (κ2) is 5.96. The Bertz CT molecular complexity index is 352. The zero-order chi connectivity index (χ0) is 11.1. The molecule has 1 aromatic rings. The number of aromatic nitrogens is 1. The van der Waals surface area contributed by atoms with Crippen LogP contribution in [0.4, 0.5) is 0 Å². The van der Waals surface area contributed by atoms with Crippen LogP contribution < -0.4 is 4.74 Å². The van der Waals surface area contributed by atoms with Gasteiger partial charge in [-0.3, -0.25) is 4.98 Å². The van der Waals surface area contributed by atoms with E-state index in [1.54, 1.807) is 12.4 Å². The molecule has 80 valence electrons. The first kappa shape index (κ1) is 11.4. The van der Waals surface area contributed by atoms with Gasteiger partial charge in [0.25, 0.3) is 0 Å². The maximum Gasteiger partial charge on any atom is 0.191 e. The third-order valence-corrected chi connectivity index (χ3v) is 1.75. The summed E-state index contributed by atoms with van der Waals surface area (Å²) in [6.45, 7) is 5.82. The van der Waals surface area contributed by atoms with Crippen LogP contribution in [0, 0.1) is 6.92 Å². The highest BCUT2D eigenvalue weighted by Gasteiger charge is 1.95. The number of allylic oxidation sites excluding steroid dienone is 1. The minimum absolute atomic E-state index is 0.616. The summed E-state index contributed by atoms with van der Waals surface area (Å²) >= 11 is 0. The average molecular weight is 204 g/mol. The Balaban J connectivity index is 2.58. The zero-order valence-electron chi connectivity index (χ0n) is 9.40. The van der Waals surface area contributed by atoms with Gasteiger partial charge in [-0.25, -0.2) is 4.99 Å². The van der Waals surface area contributed by atoms with Crippen LogP contribution in [0.2, 0.25) is 0 Å². The Morgan fingerprint density at radius 1 is 1.53 bits per heavy atom. The van der Waals surface area contributed by atoms with E-state index < -0.39 is 0 Å². The minimum atomic E-state index is 0.616. The topological polar surface area (TPSA) is 34.5 Å². The van der Waals surface area contributed by atoms with Crippen molar-refractivity contribution >= 4 is 5.90 Å². The van der Waals surface area contributed by atoms with Crippen LogP contribution in [-0.2, 0) is 0 Å². The minimum Gasteiger partial charge on any atom is -0.442 e. The van der Waals surface area contributed by atoms with E-state index in [2.05, 4.69) is 16.9 Å². The molecule has 1 heterocycles. The molecule has 0 aliphatic carbocycles. The summed E-state index contributed by atoms with van der Waals surface area (Å²) in [6.07, 6.45) is 6.39. The van der Waals surface area contributed by atoms with Crippen LogP contribution in [-0.4, -0.2) is 10.9 Å². The van der Waals surface area contributed by atoms with Crippen LogP contribution in [0.25, 0.3) is 0 Å². The number of aliphatic imine (C=N–C) groups is 1. The van der Waals surface area contributed by atoms with Gasteiger partial charge >= 0.3 is 0 Å². The highest BCUT2D eigenvalue weighted by molar-refractivity contribution is 5.76. The van der Waals surface area contributed by atoms with Crippen molar-refractivity contribution in [2.24, 2.45) is 4.99 Å². The number of pyridine rings is 1. The molecule has 0 atom stereocenters. The summed E-state index contributed by atoms with van der Waals surface area (Å²) < 4.78 is 5.45. The number of ether oxygens (including phenoxy) is 1. The van der Waals surface area contributed by atoms with Gasteiger partial charge in [0, 0.05) is 18.8 Å². The van der Waals surface area contributed by atoms with Crippen molar-refractivity contribution in [2.45, 2.75) is 27.2 Å². The average Bonchev–Trinajstić information content (AvgIpc) is 2.22. The van der Waals surface area contributed by atoms with Crippen molar-refractivity contribution in [1.29, 1.82) is 0 Å². The second-order valence-electron chi connectivity index (χ2n) is 3.18. The van der Waals surface area contributed by atoms with E-state index in [4.69, 9.17) is 4.74 Å². The number of aryl methyl sites for hydroxylation is 1. The fraction of sp³-hybridized carbons (Fsp3) is 0.333. The Hall–Kier alpha value is -1.64. The van der Waals surface area contributed by atoms with Gasteiger partial charge in [-0.1, -0.05) is 13.0 Å². The van der Waals surface area contributed by atoms with E-state index in [-0.39, 0.29) is 0 Å². The molecular weight excluding hydrogens is 188 g/mol. The SMILES string of the molecule is CC/C=C\N=C(C)Oc1ccc(C)nc1. The lowest BCUT2D eigenvalue weighted by Gasteiger charge is -2.02. The summed E-state index contributed by atoms with van der Waals surface area (Å²) in [6, 6.07) is 3.79. The normalized spacial score (nSPS) is 12.1. The van der Waals surface area contributed by atoms with Crippen LogP contribution >= 0.6 is 0 Å². The first-order valence-corrected chi connectivity index (χ1v) is 5.02. The second-order valence-corrected chi connectivity index (χ2v) is 3.18. The molecule has 0 fully saturated rings. The molecule has 0 saturated heterocycles. The Labute approximate surface area is 90.5 Å². The van der Waals surface area contributed by atoms with E-state index in [9.17, 15) is 0 Å². The summed E-state index contributed by atoms with van der Waals surface area (Å²) in [4.78, 5) is 8.25. The lowest BCUT2D eigenvalue weighted by Crippen LogP contribution is -2.02. The van der Waals surface area contributed by atoms with Crippen LogP contribution in [0.5, 0.6) is 5.75 Å². The molecular formula is C12H16N2O. The van der Waals surface area contributed by atoms with E-state index >= 15 is 0 Å². The smallest absolute Gasteiger partial charge is 0.191 e. The van der Waals surface area contributed by atoms with Gasteiger partial charge in [0.2, 0.25) is 0 Å². The quantitative estimate of drug-likeness (QED) is 0.560. The molecule has 0 amide bonds. The molecule has 0 unspecified atom stereocenters. The molecule has 1 aromatic heterocycles. The number of nitrogens with zero attached hydrogens (tertiary/aromatic N) is 2. The Morgan fingerprint density at radius 2 is 2.33 bits per heavy atom. The van der Waals surface area contributed by atoms with E-state index in [1.807, 2.05) is 32.1 Å². The highest BCUT2D eigenvalue weighted by atomic mass is 16.5. The van der Waals surface area contributed by atoms with E-state index in [0.29, 0.717) is 11.6 Å². The highest BCUT2D eigenvalue weighted by Crippen LogP contribution is 2.08. The summed E-state index contributed by atoms with van der Waals surface area (Å²) in [7, 11) is 0. The maximum absolute atomic E-state index is 5.45. The van der Waals surface area contributed by atoms with Crippen LogP contribution in [0.3, 0.4) is 0 Å². The van der Waals surface area contributed by atoms with Gasteiger partial charge in [-0.05, 0) is 25.5 Å². The van der Waals surface area contributed by atoms with Crippen LogP contribution in [0.15, 0.2) is 35.6 Å². The van der Waals surface area contributed by atoms with Gasteiger partial charge < -0.3 is 4.74 Å².